The lowest BCUT2D eigenvalue weighted by Gasteiger charge is -1.98. The predicted molar refractivity (Wildman–Crippen MR) is 34.7 cm³/mol. The van der Waals surface area contributed by atoms with Gasteiger partial charge < -0.3 is 4.84 Å². The molecule has 0 aliphatic carbocycles. The molecule has 0 fully saturated rings. The monoisotopic (exact) mass is 117 g/mol. The molecule has 7 heavy (non-hydrogen) atoms. The molecule has 0 heterocycles. The largest absolute Gasteiger partial charge is 0.394 e. The molecule has 0 radical (unpaired) electrons. The van der Waals surface area contributed by atoms with E-state index in [4.69, 9.17) is 4.84 Å². The first kappa shape index (κ1) is 6.69. The van der Waals surface area contributed by atoms with Gasteiger partial charge in [-0.3, -0.25) is 0 Å². The van der Waals surface area contributed by atoms with Gasteiger partial charge in [0, 0.05) is 5.84 Å². The molecule has 0 saturated carbocycles. The van der Waals surface area contributed by atoms with E-state index >= 15 is 0 Å². The molecule has 42 valence electrons. The number of hydrogen-bond acceptors (Lipinski definition) is 2. The molecule has 0 saturated heterocycles. The fourth-order valence-corrected chi connectivity index (χ4v) is 0.304. The minimum atomic E-state index is 0.227. The van der Waals surface area contributed by atoms with E-state index in [0.717, 1.165) is 10.2 Å². The topological polar surface area (TPSA) is 21.6 Å². The zero-order chi connectivity index (χ0) is 5.70. The third-order valence-corrected chi connectivity index (χ3v) is 0.588. The maximum Gasteiger partial charge on any atom is 0.121 e. The standard InChI is InChI=1S/C4H11NOSi/c1-4(2)6-5-3-7/h3-4H,1-2,7H3/b5-3+. The Morgan fingerprint density at radius 2 is 2.29 bits per heavy atom. The molecule has 0 aliphatic heterocycles. The highest BCUT2D eigenvalue weighted by atomic mass is 28.1. The fourth-order valence-electron chi connectivity index (χ4n) is 0.183. The van der Waals surface area contributed by atoms with Gasteiger partial charge in [0.05, 0.1) is 10.2 Å². The summed E-state index contributed by atoms with van der Waals surface area (Å²) in [6, 6.07) is 0. The molecule has 0 N–H and O–H groups in total. The summed E-state index contributed by atoms with van der Waals surface area (Å²) in [5.41, 5.74) is 0. The first-order chi connectivity index (χ1) is 3.27. The minimum Gasteiger partial charge on any atom is -0.394 e. The molecule has 0 amide bonds. The predicted octanol–water partition coefficient (Wildman–Crippen LogP) is -0.280. The van der Waals surface area contributed by atoms with Crippen LogP contribution in [0.15, 0.2) is 5.16 Å². The van der Waals surface area contributed by atoms with E-state index in [2.05, 4.69) is 5.16 Å². The van der Waals surface area contributed by atoms with Crippen LogP contribution in [0.5, 0.6) is 0 Å². The smallest absolute Gasteiger partial charge is 0.121 e. The normalized spacial score (nSPS) is 11.3. The summed E-state index contributed by atoms with van der Waals surface area (Å²) in [6.07, 6.45) is 0.227. The Hall–Kier alpha value is -0.313. The average Bonchev–Trinajstić information content (AvgIpc) is 1.61. The van der Waals surface area contributed by atoms with Crippen LogP contribution >= 0.6 is 0 Å². The second-order valence-corrected chi connectivity index (χ2v) is 2.03. The Labute approximate surface area is 47.0 Å². The van der Waals surface area contributed by atoms with Crippen LogP contribution in [-0.4, -0.2) is 22.2 Å². The van der Waals surface area contributed by atoms with Gasteiger partial charge in [0.1, 0.15) is 6.10 Å². The molecule has 0 unspecified atom stereocenters. The molecule has 2 nitrogen and oxygen atoms in total. The van der Waals surface area contributed by atoms with Crippen LogP contribution in [0.1, 0.15) is 13.8 Å². The SMILES string of the molecule is CC(C)O/N=C/[SiH3]. The Bertz CT molecular complexity index is 62.7. The lowest BCUT2D eigenvalue weighted by atomic mass is 10.5. The van der Waals surface area contributed by atoms with Crippen LogP contribution < -0.4 is 0 Å². The van der Waals surface area contributed by atoms with E-state index in [1.807, 2.05) is 13.8 Å². The maximum absolute atomic E-state index is 4.80. The van der Waals surface area contributed by atoms with Crippen molar-refractivity contribution in [1.29, 1.82) is 0 Å². The summed E-state index contributed by atoms with van der Waals surface area (Å²) in [4.78, 5) is 4.80. The first-order valence-electron chi connectivity index (χ1n) is 2.41. The van der Waals surface area contributed by atoms with E-state index in [-0.39, 0.29) is 6.10 Å². The zero-order valence-electron chi connectivity index (χ0n) is 5.01. The molecular weight excluding hydrogens is 106 g/mol. The average molecular weight is 117 g/mol. The highest BCUT2D eigenvalue weighted by Gasteiger charge is 1.84. The van der Waals surface area contributed by atoms with Crippen molar-refractivity contribution in [3.05, 3.63) is 0 Å². The van der Waals surface area contributed by atoms with E-state index in [1.54, 1.807) is 5.84 Å². The van der Waals surface area contributed by atoms with Crippen molar-refractivity contribution in [3.63, 3.8) is 0 Å². The Morgan fingerprint density at radius 1 is 1.71 bits per heavy atom. The van der Waals surface area contributed by atoms with Crippen molar-refractivity contribution in [2.24, 2.45) is 5.16 Å². The van der Waals surface area contributed by atoms with Crippen molar-refractivity contribution >= 4 is 16.1 Å². The Morgan fingerprint density at radius 3 is 2.43 bits per heavy atom. The third kappa shape index (κ3) is 5.69. The summed E-state index contributed by atoms with van der Waals surface area (Å²) < 4.78 is 0. The molecule has 0 aromatic rings. The van der Waals surface area contributed by atoms with Gasteiger partial charge in [0.15, 0.2) is 0 Å². The van der Waals surface area contributed by atoms with Gasteiger partial charge in [-0.2, -0.15) is 0 Å². The lowest BCUT2D eigenvalue weighted by molar-refractivity contribution is 0.0878. The van der Waals surface area contributed by atoms with Gasteiger partial charge in [0.25, 0.3) is 0 Å². The van der Waals surface area contributed by atoms with E-state index in [9.17, 15) is 0 Å². The molecule has 0 aliphatic rings. The van der Waals surface area contributed by atoms with E-state index < -0.39 is 0 Å². The molecule has 3 heteroatoms. The maximum atomic E-state index is 4.80. The molecule has 0 aromatic heterocycles. The van der Waals surface area contributed by atoms with Crippen LogP contribution in [-0.2, 0) is 4.84 Å². The summed E-state index contributed by atoms with van der Waals surface area (Å²) in [7, 11) is 0.978. The van der Waals surface area contributed by atoms with Gasteiger partial charge in [-0.1, -0.05) is 0 Å². The molecule has 0 bridgehead atoms. The van der Waals surface area contributed by atoms with Gasteiger partial charge in [0.2, 0.25) is 0 Å². The van der Waals surface area contributed by atoms with Crippen molar-refractivity contribution < 1.29 is 4.84 Å². The molecule has 0 rings (SSSR count). The third-order valence-electron chi connectivity index (χ3n) is 0.377. The highest BCUT2D eigenvalue weighted by molar-refractivity contribution is 6.49. The van der Waals surface area contributed by atoms with Crippen LogP contribution in [0.3, 0.4) is 0 Å². The molecule has 0 aromatic carbocycles. The second kappa shape index (κ2) is 3.86. The van der Waals surface area contributed by atoms with Crippen molar-refractivity contribution in [3.8, 4) is 0 Å². The first-order valence-corrected chi connectivity index (χ1v) is 3.56. The number of nitrogens with zero attached hydrogens (tertiary/aromatic N) is 1. The summed E-state index contributed by atoms with van der Waals surface area (Å²) in [6.45, 7) is 3.91. The summed E-state index contributed by atoms with van der Waals surface area (Å²) in [5.74, 6) is 1.76. The van der Waals surface area contributed by atoms with Gasteiger partial charge in [-0.15, -0.1) is 5.16 Å². The van der Waals surface area contributed by atoms with E-state index in [1.165, 1.54) is 0 Å². The number of hydrogen-bond donors (Lipinski definition) is 0. The molecular formula is C4H11NOSi. The molecule has 0 spiro atoms. The van der Waals surface area contributed by atoms with Crippen molar-refractivity contribution in [2.45, 2.75) is 20.0 Å². The summed E-state index contributed by atoms with van der Waals surface area (Å²) >= 11 is 0. The van der Waals surface area contributed by atoms with Gasteiger partial charge in [-0.25, -0.2) is 0 Å². The zero-order valence-corrected chi connectivity index (χ0v) is 7.01. The van der Waals surface area contributed by atoms with Crippen LogP contribution in [0.25, 0.3) is 0 Å². The van der Waals surface area contributed by atoms with Crippen LogP contribution in [0.2, 0.25) is 0 Å². The minimum absolute atomic E-state index is 0.227. The van der Waals surface area contributed by atoms with Crippen LogP contribution in [0, 0.1) is 0 Å². The van der Waals surface area contributed by atoms with E-state index in [0.29, 0.717) is 0 Å². The van der Waals surface area contributed by atoms with Gasteiger partial charge >= 0.3 is 0 Å². The van der Waals surface area contributed by atoms with Crippen LogP contribution in [0.4, 0.5) is 0 Å². The molecule has 0 atom stereocenters. The fraction of sp³-hybridized carbons (Fsp3) is 0.750. The summed E-state index contributed by atoms with van der Waals surface area (Å²) in [5, 5.41) is 3.61. The lowest BCUT2D eigenvalue weighted by Crippen LogP contribution is -1.95. The van der Waals surface area contributed by atoms with Crippen molar-refractivity contribution in [1.82, 2.24) is 0 Å². The number of rotatable bonds is 2. The number of oxime groups is 1. The van der Waals surface area contributed by atoms with Crippen molar-refractivity contribution in [2.75, 3.05) is 0 Å². The highest BCUT2D eigenvalue weighted by Crippen LogP contribution is 1.84. The Balaban J connectivity index is 2.97. The second-order valence-electron chi connectivity index (χ2n) is 1.52. The Kier molecular flexibility index (Phi) is 3.69. The van der Waals surface area contributed by atoms with Gasteiger partial charge in [-0.05, 0) is 13.8 Å². The quantitative estimate of drug-likeness (QED) is 0.277.